The molecule has 0 aliphatic carbocycles. The summed E-state index contributed by atoms with van der Waals surface area (Å²) < 4.78 is 5.63. The Morgan fingerprint density at radius 2 is 1.83 bits per heavy atom. The first-order valence-electron chi connectivity index (χ1n) is 5.93. The number of nitrogen functional groups attached to an aromatic ring is 1. The zero-order valence-electron chi connectivity index (χ0n) is 10.7. The third-order valence-electron chi connectivity index (χ3n) is 2.53. The van der Waals surface area contributed by atoms with E-state index < -0.39 is 0 Å². The fraction of sp³-hybridized carbons (Fsp3) is 0.286. The number of anilines is 1. The molecule has 2 rings (SSSR count). The Morgan fingerprint density at radius 3 is 2.50 bits per heavy atom. The molecule has 0 radical (unpaired) electrons. The molecular weight excluding hydrogens is 226 g/mol. The molecule has 0 saturated carbocycles. The predicted octanol–water partition coefficient (Wildman–Crippen LogP) is 2.30. The van der Waals surface area contributed by atoms with Gasteiger partial charge in [-0.3, -0.25) is 0 Å². The summed E-state index contributed by atoms with van der Waals surface area (Å²) in [5.74, 6) is 1.63. The van der Waals surface area contributed by atoms with E-state index in [1.165, 1.54) is 0 Å². The number of nitrogens with two attached hydrogens (primary N) is 1. The molecule has 0 bridgehead atoms. The van der Waals surface area contributed by atoms with Gasteiger partial charge in [-0.15, -0.1) is 0 Å². The number of hydrogen-bond acceptors (Lipinski definition) is 4. The molecule has 4 nitrogen and oxygen atoms in total. The molecule has 0 saturated heterocycles. The molecule has 1 aromatic carbocycles. The maximum Gasteiger partial charge on any atom is 0.125 e. The number of rotatable bonds is 4. The second kappa shape index (κ2) is 5.49. The minimum absolute atomic E-state index is 0.597. The van der Waals surface area contributed by atoms with E-state index >= 15 is 0 Å². The SMILES string of the molecule is Cc1cc(CCOc2ccc(N)cc2)nc(C)n1. The molecule has 0 aliphatic heterocycles. The van der Waals surface area contributed by atoms with Crippen LogP contribution >= 0.6 is 0 Å². The summed E-state index contributed by atoms with van der Waals surface area (Å²) in [6, 6.07) is 9.37. The van der Waals surface area contributed by atoms with Crippen molar-refractivity contribution in [2.75, 3.05) is 12.3 Å². The molecule has 0 atom stereocenters. The molecule has 1 heterocycles. The molecule has 2 N–H and O–H groups in total. The summed E-state index contributed by atoms with van der Waals surface area (Å²) in [4.78, 5) is 8.61. The van der Waals surface area contributed by atoms with Gasteiger partial charge in [0.15, 0.2) is 0 Å². The first-order chi connectivity index (χ1) is 8.63. The quantitative estimate of drug-likeness (QED) is 0.837. The highest BCUT2D eigenvalue weighted by molar-refractivity contribution is 5.41. The van der Waals surface area contributed by atoms with Crippen LogP contribution in [0.25, 0.3) is 0 Å². The molecule has 1 aromatic heterocycles. The molecular formula is C14H17N3O. The Hall–Kier alpha value is -2.10. The van der Waals surface area contributed by atoms with Crippen molar-refractivity contribution in [1.29, 1.82) is 0 Å². The zero-order valence-corrected chi connectivity index (χ0v) is 10.7. The van der Waals surface area contributed by atoms with Crippen LogP contribution in [0.1, 0.15) is 17.2 Å². The van der Waals surface area contributed by atoms with Gasteiger partial charge in [0.2, 0.25) is 0 Å². The van der Waals surface area contributed by atoms with Crippen LogP contribution in [0.15, 0.2) is 30.3 Å². The van der Waals surface area contributed by atoms with E-state index in [4.69, 9.17) is 10.5 Å². The van der Waals surface area contributed by atoms with E-state index in [0.717, 1.165) is 35.1 Å². The number of ether oxygens (including phenoxy) is 1. The molecule has 0 aliphatic rings. The van der Waals surface area contributed by atoms with Crippen molar-refractivity contribution in [3.63, 3.8) is 0 Å². The van der Waals surface area contributed by atoms with Crippen molar-refractivity contribution in [1.82, 2.24) is 9.97 Å². The summed E-state index contributed by atoms with van der Waals surface area (Å²) in [5.41, 5.74) is 8.35. The third kappa shape index (κ3) is 3.45. The fourth-order valence-corrected chi connectivity index (χ4v) is 1.76. The van der Waals surface area contributed by atoms with Crippen molar-refractivity contribution in [2.45, 2.75) is 20.3 Å². The van der Waals surface area contributed by atoms with Gasteiger partial charge >= 0.3 is 0 Å². The Labute approximate surface area is 107 Å². The van der Waals surface area contributed by atoms with E-state index in [2.05, 4.69) is 9.97 Å². The molecule has 18 heavy (non-hydrogen) atoms. The smallest absolute Gasteiger partial charge is 0.125 e. The largest absolute Gasteiger partial charge is 0.493 e. The van der Waals surface area contributed by atoms with E-state index in [9.17, 15) is 0 Å². The summed E-state index contributed by atoms with van der Waals surface area (Å²) in [6.07, 6.45) is 0.772. The maximum atomic E-state index is 5.63. The molecule has 0 unspecified atom stereocenters. The highest BCUT2D eigenvalue weighted by atomic mass is 16.5. The zero-order chi connectivity index (χ0) is 13.0. The maximum absolute atomic E-state index is 5.63. The first-order valence-corrected chi connectivity index (χ1v) is 5.93. The van der Waals surface area contributed by atoms with Gasteiger partial charge in [-0.1, -0.05) is 0 Å². The molecule has 0 spiro atoms. The Balaban J connectivity index is 1.90. The van der Waals surface area contributed by atoms with Gasteiger partial charge in [0.25, 0.3) is 0 Å². The molecule has 4 heteroatoms. The van der Waals surface area contributed by atoms with Crippen molar-refractivity contribution >= 4 is 5.69 Å². The van der Waals surface area contributed by atoms with Gasteiger partial charge in [-0.05, 0) is 44.2 Å². The van der Waals surface area contributed by atoms with Gasteiger partial charge in [0, 0.05) is 23.5 Å². The summed E-state index contributed by atoms with van der Waals surface area (Å²) >= 11 is 0. The lowest BCUT2D eigenvalue weighted by molar-refractivity contribution is 0.320. The highest BCUT2D eigenvalue weighted by Crippen LogP contribution is 2.13. The van der Waals surface area contributed by atoms with Gasteiger partial charge in [0.05, 0.1) is 6.61 Å². The van der Waals surface area contributed by atoms with E-state index in [0.29, 0.717) is 6.61 Å². The minimum atomic E-state index is 0.597. The molecule has 2 aromatic rings. The Kier molecular flexibility index (Phi) is 3.77. The monoisotopic (exact) mass is 243 g/mol. The van der Waals surface area contributed by atoms with E-state index in [1.807, 2.05) is 44.2 Å². The van der Waals surface area contributed by atoms with Gasteiger partial charge < -0.3 is 10.5 Å². The second-order valence-corrected chi connectivity index (χ2v) is 4.22. The fourth-order valence-electron chi connectivity index (χ4n) is 1.76. The van der Waals surface area contributed by atoms with Crippen molar-refractivity contribution in [3.8, 4) is 5.75 Å². The molecule has 94 valence electrons. The minimum Gasteiger partial charge on any atom is -0.493 e. The lowest BCUT2D eigenvalue weighted by Crippen LogP contribution is -2.05. The van der Waals surface area contributed by atoms with Crippen LogP contribution in [0, 0.1) is 13.8 Å². The average Bonchev–Trinajstić information content (AvgIpc) is 2.30. The van der Waals surface area contributed by atoms with Crippen LogP contribution in [0.5, 0.6) is 5.75 Å². The standard InChI is InChI=1S/C14H17N3O/c1-10-9-13(17-11(2)16-10)7-8-18-14-5-3-12(15)4-6-14/h3-6,9H,7-8,15H2,1-2H3. The van der Waals surface area contributed by atoms with Gasteiger partial charge in [-0.2, -0.15) is 0 Å². The van der Waals surface area contributed by atoms with Crippen molar-refractivity contribution in [2.24, 2.45) is 0 Å². The summed E-state index contributed by atoms with van der Waals surface area (Å²) in [5, 5.41) is 0. The Bertz CT molecular complexity index is 503. The first kappa shape index (κ1) is 12.4. The topological polar surface area (TPSA) is 61.0 Å². The lowest BCUT2D eigenvalue weighted by atomic mass is 10.2. The number of aromatic nitrogens is 2. The number of benzene rings is 1. The van der Waals surface area contributed by atoms with Crippen LogP contribution in [0.2, 0.25) is 0 Å². The molecule has 0 fully saturated rings. The third-order valence-corrected chi connectivity index (χ3v) is 2.53. The van der Waals surface area contributed by atoms with Gasteiger partial charge in [0.1, 0.15) is 11.6 Å². The van der Waals surface area contributed by atoms with Crippen LogP contribution in [0.3, 0.4) is 0 Å². The van der Waals surface area contributed by atoms with Crippen LogP contribution in [-0.2, 0) is 6.42 Å². The van der Waals surface area contributed by atoms with Crippen LogP contribution < -0.4 is 10.5 Å². The van der Waals surface area contributed by atoms with Crippen LogP contribution in [0.4, 0.5) is 5.69 Å². The van der Waals surface area contributed by atoms with Crippen molar-refractivity contribution < 1.29 is 4.74 Å². The second-order valence-electron chi connectivity index (χ2n) is 4.22. The van der Waals surface area contributed by atoms with Gasteiger partial charge in [-0.25, -0.2) is 9.97 Å². The number of nitrogens with zero attached hydrogens (tertiary/aromatic N) is 2. The highest BCUT2D eigenvalue weighted by Gasteiger charge is 2.00. The van der Waals surface area contributed by atoms with Crippen molar-refractivity contribution in [3.05, 3.63) is 47.5 Å². The average molecular weight is 243 g/mol. The number of aryl methyl sites for hydroxylation is 2. The normalized spacial score (nSPS) is 10.3. The lowest BCUT2D eigenvalue weighted by Gasteiger charge is -2.07. The Morgan fingerprint density at radius 1 is 1.11 bits per heavy atom. The molecule has 0 amide bonds. The van der Waals surface area contributed by atoms with E-state index in [-0.39, 0.29) is 0 Å². The summed E-state index contributed by atoms with van der Waals surface area (Å²) in [7, 11) is 0. The van der Waals surface area contributed by atoms with E-state index in [1.54, 1.807) is 0 Å². The summed E-state index contributed by atoms with van der Waals surface area (Å²) in [6.45, 7) is 4.47. The number of hydrogen-bond donors (Lipinski definition) is 1. The predicted molar refractivity (Wildman–Crippen MR) is 71.6 cm³/mol. The van der Waals surface area contributed by atoms with Crippen LogP contribution in [-0.4, -0.2) is 16.6 Å².